The van der Waals surface area contributed by atoms with Crippen LogP contribution in [0.25, 0.3) is 0 Å². The molecule has 0 radical (unpaired) electrons. The Morgan fingerprint density at radius 1 is 1.00 bits per heavy atom. The second kappa shape index (κ2) is 5.58. The van der Waals surface area contributed by atoms with E-state index in [0.717, 1.165) is 24.6 Å². The molecule has 2 aromatic carbocycles. The molecule has 112 valence electrons. The molecule has 2 aliphatic rings. The Hall–Kier alpha value is -2.13. The minimum absolute atomic E-state index is 0.583. The summed E-state index contributed by atoms with van der Waals surface area (Å²) in [6.07, 6.45) is 2.53. The van der Waals surface area contributed by atoms with Crippen LogP contribution in [0.2, 0.25) is 0 Å². The minimum atomic E-state index is 0.583. The monoisotopic (exact) mass is 291 g/mol. The lowest BCUT2D eigenvalue weighted by atomic mass is 10.1. The van der Waals surface area contributed by atoms with Crippen molar-refractivity contribution in [2.75, 3.05) is 6.54 Å². The summed E-state index contributed by atoms with van der Waals surface area (Å²) in [5.41, 5.74) is 3.60. The molecule has 4 rings (SSSR count). The van der Waals surface area contributed by atoms with Crippen LogP contribution in [-0.4, -0.2) is 28.4 Å². The van der Waals surface area contributed by atoms with Crippen LogP contribution in [0.1, 0.15) is 30.9 Å². The molecule has 22 heavy (non-hydrogen) atoms. The summed E-state index contributed by atoms with van der Waals surface area (Å²) in [4.78, 5) is 4.98. The molecule has 3 nitrogen and oxygen atoms in total. The van der Waals surface area contributed by atoms with Crippen molar-refractivity contribution in [1.82, 2.24) is 10.0 Å². The van der Waals surface area contributed by atoms with Crippen molar-refractivity contribution in [3.05, 3.63) is 65.7 Å². The van der Waals surface area contributed by atoms with Crippen LogP contribution < -0.4 is 0 Å². The van der Waals surface area contributed by atoms with Gasteiger partial charge in [-0.3, -0.25) is 5.01 Å². The smallest absolute Gasteiger partial charge is 0.151 e. The zero-order chi connectivity index (χ0) is 14.9. The van der Waals surface area contributed by atoms with Crippen LogP contribution >= 0.6 is 0 Å². The number of fused-ring (bicyclic) bond motifs is 1. The van der Waals surface area contributed by atoms with Crippen molar-refractivity contribution >= 4 is 11.5 Å². The number of hydrogen-bond acceptors (Lipinski definition) is 3. The zero-order valence-electron chi connectivity index (χ0n) is 12.9. The lowest BCUT2D eigenvalue weighted by molar-refractivity contribution is 0.0297. The van der Waals surface area contributed by atoms with E-state index in [0.29, 0.717) is 6.04 Å². The van der Waals surface area contributed by atoms with Crippen molar-refractivity contribution in [3.8, 4) is 0 Å². The third-order valence-electron chi connectivity index (χ3n) is 4.64. The van der Waals surface area contributed by atoms with Crippen molar-refractivity contribution < 1.29 is 0 Å². The zero-order valence-corrected chi connectivity index (χ0v) is 12.9. The van der Waals surface area contributed by atoms with Crippen LogP contribution in [0.3, 0.4) is 0 Å². The Balaban J connectivity index is 1.80. The Labute approximate surface area is 131 Å². The van der Waals surface area contributed by atoms with Crippen molar-refractivity contribution in [2.45, 2.75) is 32.4 Å². The average Bonchev–Trinajstić information content (AvgIpc) is 3.00. The van der Waals surface area contributed by atoms with Crippen LogP contribution in [0, 0.1) is 0 Å². The van der Waals surface area contributed by atoms with Crippen molar-refractivity contribution in [2.24, 2.45) is 4.99 Å². The maximum absolute atomic E-state index is 4.98. The SMILES string of the molecule is CC1CCCN1N1Cc2ccccc2N=C1c1ccccc1. The van der Waals surface area contributed by atoms with E-state index in [1.807, 2.05) is 0 Å². The number of hydrazine groups is 1. The van der Waals surface area contributed by atoms with Crippen LogP contribution in [0.15, 0.2) is 59.6 Å². The van der Waals surface area contributed by atoms with Gasteiger partial charge < -0.3 is 0 Å². The Kier molecular flexibility index (Phi) is 3.43. The van der Waals surface area contributed by atoms with Gasteiger partial charge in [0, 0.05) is 18.2 Å². The van der Waals surface area contributed by atoms with Gasteiger partial charge in [0.15, 0.2) is 5.84 Å². The highest BCUT2D eigenvalue weighted by atomic mass is 15.7. The predicted octanol–water partition coefficient (Wildman–Crippen LogP) is 3.98. The molecule has 2 aromatic rings. The van der Waals surface area contributed by atoms with Crippen molar-refractivity contribution in [3.63, 3.8) is 0 Å². The first-order valence-corrected chi connectivity index (χ1v) is 8.09. The van der Waals surface area contributed by atoms with E-state index in [1.54, 1.807) is 0 Å². The van der Waals surface area contributed by atoms with Gasteiger partial charge in [0.1, 0.15) is 0 Å². The summed E-state index contributed by atoms with van der Waals surface area (Å²) in [6, 6.07) is 19.6. The van der Waals surface area contributed by atoms with Gasteiger partial charge in [-0.2, -0.15) is 0 Å². The number of nitrogens with zero attached hydrogens (tertiary/aromatic N) is 3. The van der Waals surface area contributed by atoms with Crippen molar-refractivity contribution in [1.29, 1.82) is 0 Å². The Bertz CT molecular complexity index is 693. The molecule has 0 saturated carbocycles. The number of benzene rings is 2. The van der Waals surface area contributed by atoms with Gasteiger partial charge in [0.2, 0.25) is 0 Å². The molecule has 0 bridgehead atoms. The second-order valence-corrected chi connectivity index (χ2v) is 6.14. The highest BCUT2D eigenvalue weighted by Gasteiger charge is 2.31. The normalized spacial score (nSPS) is 21.6. The van der Waals surface area contributed by atoms with Crippen LogP contribution in [0.5, 0.6) is 0 Å². The van der Waals surface area contributed by atoms with Crippen LogP contribution in [0.4, 0.5) is 5.69 Å². The van der Waals surface area contributed by atoms with E-state index in [9.17, 15) is 0 Å². The quantitative estimate of drug-likeness (QED) is 0.833. The van der Waals surface area contributed by atoms with Gasteiger partial charge in [-0.25, -0.2) is 10.0 Å². The Morgan fingerprint density at radius 3 is 2.55 bits per heavy atom. The molecule has 3 heteroatoms. The van der Waals surface area contributed by atoms with Gasteiger partial charge in [-0.1, -0.05) is 48.5 Å². The molecular weight excluding hydrogens is 270 g/mol. The lowest BCUT2D eigenvalue weighted by Gasteiger charge is -2.39. The first kappa shape index (κ1) is 13.5. The molecule has 0 aliphatic carbocycles. The minimum Gasteiger partial charge on any atom is -0.284 e. The van der Waals surface area contributed by atoms with Gasteiger partial charge in [-0.15, -0.1) is 0 Å². The molecule has 0 N–H and O–H groups in total. The van der Waals surface area contributed by atoms with Gasteiger partial charge >= 0.3 is 0 Å². The molecule has 2 aliphatic heterocycles. The summed E-state index contributed by atoms with van der Waals surface area (Å²) in [5.74, 6) is 1.08. The molecular formula is C19H21N3. The van der Waals surface area contributed by atoms with Crippen LogP contribution in [-0.2, 0) is 6.54 Å². The molecule has 0 spiro atoms. The molecule has 2 heterocycles. The molecule has 1 saturated heterocycles. The highest BCUT2D eigenvalue weighted by molar-refractivity contribution is 6.01. The number of aliphatic imine (C=N–C) groups is 1. The molecule has 1 atom stereocenters. The second-order valence-electron chi connectivity index (χ2n) is 6.14. The standard InChI is InChI=1S/C19H21N3/c1-15-8-7-13-21(15)22-14-17-11-5-6-12-18(17)20-19(22)16-9-3-2-4-10-16/h2-6,9-12,15H,7-8,13-14H2,1H3. The summed E-state index contributed by atoms with van der Waals surface area (Å²) < 4.78 is 0. The fraction of sp³-hybridized carbons (Fsp3) is 0.316. The number of para-hydroxylation sites is 1. The number of amidine groups is 1. The van der Waals surface area contributed by atoms with Gasteiger partial charge in [0.25, 0.3) is 0 Å². The summed E-state index contributed by atoms with van der Waals surface area (Å²) in [7, 11) is 0. The van der Waals surface area contributed by atoms with E-state index in [2.05, 4.69) is 71.5 Å². The molecule has 0 amide bonds. The van der Waals surface area contributed by atoms with Gasteiger partial charge in [-0.05, 0) is 31.4 Å². The van der Waals surface area contributed by atoms with E-state index in [4.69, 9.17) is 4.99 Å². The van der Waals surface area contributed by atoms with E-state index in [-0.39, 0.29) is 0 Å². The number of rotatable bonds is 2. The molecule has 0 aromatic heterocycles. The van der Waals surface area contributed by atoms with E-state index >= 15 is 0 Å². The fourth-order valence-electron chi connectivity index (χ4n) is 3.45. The maximum atomic E-state index is 4.98. The topological polar surface area (TPSA) is 18.8 Å². The number of hydrogen-bond donors (Lipinski definition) is 0. The average molecular weight is 291 g/mol. The largest absolute Gasteiger partial charge is 0.284 e. The lowest BCUT2D eigenvalue weighted by Crippen LogP contribution is -2.48. The molecule has 1 unspecified atom stereocenters. The Morgan fingerprint density at radius 2 is 1.77 bits per heavy atom. The predicted molar refractivity (Wildman–Crippen MR) is 90.0 cm³/mol. The molecule has 1 fully saturated rings. The first-order chi connectivity index (χ1) is 10.8. The van der Waals surface area contributed by atoms with E-state index in [1.165, 1.54) is 24.0 Å². The third-order valence-corrected chi connectivity index (χ3v) is 4.64. The first-order valence-electron chi connectivity index (χ1n) is 8.09. The van der Waals surface area contributed by atoms with Gasteiger partial charge in [0.05, 0.1) is 12.2 Å². The third kappa shape index (κ3) is 2.32. The summed E-state index contributed by atoms with van der Waals surface area (Å²) in [6.45, 7) is 4.35. The summed E-state index contributed by atoms with van der Waals surface area (Å²) >= 11 is 0. The summed E-state index contributed by atoms with van der Waals surface area (Å²) in [5, 5.41) is 4.87. The maximum Gasteiger partial charge on any atom is 0.151 e. The fourth-order valence-corrected chi connectivity index (χ4v) is 3.45. The highest BCUT2D eigenvalue weighted by Crippen LogP contribution is 2.31. The van der Waals surface area contributed by atoms with E-state index < -0.39 is 0 Å².